The van der Waals surface area contributed by atoms with Crippen LogP contribution < -0.4 is 0 Å². The summed E-state index contributed by atoms with van der Waals surface area (Å²) in [6.45, 7) is 12.2. The van der Waals surface area contributed by atoms with Crippen molar-refractivity contribution in [2.24, 2.45) is 17.3 Å². The van der Waals surface area contributed by atoms with Gasteiger partial charge in [0.2, 0.25) is 0 Å². The zero-order valence-corrected chi connectivity index (χ0v) is 15.2. The maximum atomic E-state index is 12.3. The van der Waals surface area contributed by atoms with E-state index in [1.807, 2.05) is 13.8 Å². The molecule has 0 radical (unpaired) electrons. The molecule has 0 aromatic heterocycles. The summed E-state index contributed by atoms with van der Waals surface area (Å²) in [5.41, 5.74) is 3.08. The standard InChI is InChI=1S/C20H28O4/c1-6-11(2)18(21)24-17-8-7-12(3)15-9-14-13(4)19(22)23-16(14)10-20(15,17)5/h11,14,16-17H,4,6-10H2,1-3,5H3/t11-,14+,16+,17+,20+/m0/s1. The van der Waals surface area contributed by atoms with E-state index in [0.717, 1.165) is 25.7 Å². The van der Waals surface area contributed by atoms with Crippen LogP contribution in [-0.4, -0.2) is 24.1 Å². The van der Waals surface area contributed by atoms with Gasteiger partial charge in [-0.15, -0.1) is 0 Å². The van der Waals surface area contributed by atoms with E-state index in [4.69, 9.17) is 9.47 Å². The van der Waals surface area contributed by atoms with Crippen LogP contribution >= 0.6 is 0 Å². The lowest BCUT2D eigenvalue weighted by Gasteiger charge is -2.49. The number of fused-ring (bicyclic) bond motifs is 2. The van der Waals surface area contributed by atoms with Crippen molar-refractivity contribution >= 4 is 11.9 Å². The van der Waals surface area contributed by atoms with Gasteiger partial charge in [-0.25, -0.2) is 4.79 Å². The fraction of sp³-hybridized carbons (Fsp3) is 0.700. The first-order valence-electron chi connectivity index (χ1n) is 9.07. The van der Waals surface area contributed by atoms with E-state index < -0.39 is 0 Å². The molecule has 0 bridgehead atoms. The Bertz CT molecular complexity index is 617. The minimum Gasteiger partial charge on any atom is -0.461 e. The topological polar surface area (TPSA) is 52.6 Å². The molecule has 3 rings (SSSR count). The van der Waals surface area contributed by atoms with Crippen LogP contribution in [0, 0.1) is 17.3 Å². The normalized spacial score (nSPS) is 36.8. The van der Waals surface area contributed by atoms with E-state index in [1.165, 1.54) is 11.1 Å². The highest BCUT2D eigenvalue weighted by Gasteiger charge is 2.54. The summed E-state index contributed by atoms with van der Waals surface area (Å²) in [5, 5.41) is 0. The third-order valence-electron chi connectivity index (χ3n) is 6.44. The Morgan fingerprint density at radius 1 is 1.50 bits per heavy atom. The van der Waals surface area contributed by atoms with Gasteiger partial charge in [-0.05, 0) is 39.0 Å². The predicted molar refractivity (Wildman–Crippen MR) is 91.1 cm³/mol. The smallest absolute Gasteiger partial charge is 0.334 e. The fourth-order valence-electron chi connectivity index (χ4n) is 4.52. The van der Waals surface area contributed by atoms with Gasteiger partial charge in [0.15, 0.2) is 0 Å². The fourth-order valence-corrected chi connectivity index (χ4v) is 4.52. The number of allylic oxidation sites excluding steroid dienone is 1. The first kappa shape index (κ1) is 17.2. The minimum atomic E-state index is -0.265. The molecule has 24 heavy (non-hydrogen) atoms. The number of carbonyl (C=O) groups excluding carboxylic acids is 2. The van der Waals surface area contributed by atoms with Gasteiger partial charge in [-0.1, -0.05) is 38.5 Å². The molecule has 1 aliphatic heterocycles. The van der Waals surface area contributed by atoms with Crippen LogP contribution in [0.25, 0.3) is 0 Å². The lowest BCUT2D eigenvalue weighted by Crippen LogP contribution is -2.48. The van der Waals surface area contributed by atoms with Crippen LogP contribution in [-0.2, 0) is 19.1 Å². The van der Waals surface area contributed by atoms with Gasteiger partial charge in [0, 0.05) is 16.9 Å². The molecule has 1 saturated carbocycles. The van der Waals surface area contributed by atoms with Crippen LogP contribution in [0.4, 0.5) is 0 Å². The SMILES string of the molecule is C=C1C(=O)O[C@@H]2C[C@]3(C)C(=C(C)CC[C@H]3OC(=O)[C@@H](C)CC)C[C@H]12. The van der Waals surface area contributed by atoms with Crippen LogP contribution in [0.5, 0.6) is 0 Å². The molecule has 1 saturated heterocycles. The molecule has 2 aliphatic carbocycles. The molecule has 1 heterocycles. The Morgan fingerprint density at radius 3 is 2.88 bits per heavy atom. The van der Waals surface area contributed by atoms with Gasteiger partial charge in [-0.2, -0.15) is 0 Å². The maximum absolute atomic E-state index is 12.3. The Morgan fingerprint density at radius 2 is 2.21 bits per heavy atom. The molecule has 3 aliphatic rings. The first-order chi connectivity index (χ1) is 11.3. The second-order valence-electron chi connectivity index (χ2n) is 7.93. The monoisotopic (exact) mass is 332 g/mol. The average Bonchev–Trinajstić information content (AvgIpc) is 2.81. The molecular formula is C20H28O4. The Kier molecular flexibility index (Phi) is 4.35. The Balaban J connectivity index is 1.88. The highest BCUT2D eigenvalue weighted by atomic mass is 16.6. The van der Waals surface area contributed by atoms with E-state index in [9.17, 15) is 9.59 Å². The zero-order chi connectivity index (χ0) is 17.6. The Labute approximate surface area is 144 Å². The summed E-state index contributed by atoms with van der Waals surface area (Å²) in [5.74, 6) is -0.375. The lowest BCUT2D eigenvalue weighted by molar-refractivity contribution is -0.164. The van der Waals surface area contributed by atoms with Gasteiger partial charge in [0.05, 0.1) is 5.92 Å². The lowest BCUT2D eigenvalue weighted by atomic mass is 9.59. The summed E-state index contributed by atoms with van der Waals surface area (Å²) < 4.78 is 11.5. The van der Waals surface area contributed by atoms with Gasteiger partial charge in [0.1, 0.15) is 12.2 Å². The number of carbonyl (C=O) groups is 2. The van der Waals surface area contributed by atoms with Gasteiger partial charge in [0.25, 0.3) is 0 Å². The van der Waals surface area contributed by atoms with Crippen molar-refractivity contribution in [2.45, 2.75) is 72.0 Å². The number of esters is 2. The second kappa shape index (κ2) is 6.05. The maximum Gasteiger partial charge on any atom is 0.334 e. The van der Waals surface area contributed by atoms with Crippen molar-refractivity contribution in [3.8, 4) is 0 Å². The molecule has 0 amide bonds. The summed E-state index contributed by atoms with van der Waals surface area (Å²) in [4.78, 5) is 24.2. The molecule has 132 valence electrons. The van der Waals surface area contributed by atoms with Crippen molar-refractivity contribution in [1.29, 1.82) is 0 Å². The first-order valence-corrected chi connectivity index (χ1v) is 9.07. The molecule has 2 fully saturated rings. The molecule has 0 unspecified atom stereocenters. The van der Waals surface area contributed by atoms with Crippen molar-refractivity contribution in [1.82, 2.24) is 0 Å². The summed E-state index contributed by atoms with van der Waals surface area (Å²) in [6.07, 6.45) is 3.83. The van der Waals surface area contributed by atoms with Crippen LogP contribution in [0.15, 0.2) is 23.3 Å². The molecule has 0 aromatic carbocycles. The van der Waals surface area contributed by atoms with Gasteiger partial charge in [-0.3, -0.25) is 4.79 Å². The largest absolute Gasteiger partial charge is 0.461 e. The minimum absolute atomic E-state index is 0.0792. The number of hydrogen-bond donors (Lipinski definition) is 0. The zero-order valence-electron chi connectivity index (χ0n) is 15.2. The number of hydrogen-bond acceptors (Lipinski definition) is 4. The van der Waals surface area contributed by atoms with Gasteiger partial charge >= 0.3 is 11.9 Å². The van der Waals surface area contributed by atoms with E-state index in [2.05, 4.69) is 20.4 Å². The van der Waals surface area contributed by atoms with Crippen molar-refractivity contribution in [2.75, 3.05) is 0 Å². The van der Waals surface area contributed by atoms with E-state index in [1.54, 1.807) is 0 Å². The number of ether oxygens (including phenoxy) is 2. The predicted octanol–water partition coefficient (Wildman–Crippen LogP) is 3.95. The highest BCUT2D eigenvalue weighted by molar-refractivity contribution is 5.91. The average molecular weight is 332 g/mol. The molecular weight excluding hydrogens is 304 g/mol. The van der Waals surface area contributed by atoms with E-state index in [-0.39, 0.29) is 41.4 Å². The molecule has 0 spiro atoms. The summed E-state index contributed by atoms with van der Waals surface area (Å²) in [6, 6.07) is 0. The van der Waals surface area contributed by atoms with Crippen molar-refractivity contribution in [3.63, 3.8) is 0 Å². The van der Waals surface area contributed by atoms with Crippen LogP contribution in [0.3, 0.4) is 0 Å². The molecule has 5 atom stereocenters. The van der Waals surface area contributed by atoms with Crippen LogP contribution in [0.2, 0.25) is 0 Å². The van der Waals surface area contributed by atoms with Crippen LogP contribution in [0.1, 0.15) is 59.8 Å². The Hall–Kier alpha value is -1.58. The molecule has 4 nitrogen and oxygen atoms in total. The highest BCUT2D eigenvalue weighted by Crippen LogP contribution is 2.55. The molecule has 0 N–H and O–H groups in total. The van der Waals surface area contributed by atoms with E-state index in [0.29, 0.717) is 12.0 Å². The van der Waals surface area contributed by atoms with Crippen molar-refractivity contribution in [3.05, 3.63) is 23.3 Å². The molecule has 0 aromatic rings. The summed E-state index contributed by atoms with van der Waals surface area (Å²) in [7, 11) is 0. The molecule has 4 heteroatoms. The second-order valence-corrected chi connectivity index (χ2v) is 7.93. The number of rotatable bonds is 3. The van der Waals surface area contributed by atoms with Gasteiger partial charge < -0.3 is 9.47 Å². The van der Waals surface area contributed by atoms with Crippen molar-refractivity contribution < 1.29 is 19.1 Å². The quantitative estimate of drug-likeness (QED) is 0.446. The van der Waals surface area contributed by atoms with E-state index >= 15 is 0 Å². The third-order valence-corrected chi connectivity index (χ3v) is 6.44. The third kappa shape index (κ3) is 2.60. The summed E-state index contributed by atoms with van der Waals surface area (Å²) >= 11 is 0.